The van der Waals surface area contributed by atoms with Crippen molar-refractivity contribution in [3.05, 3.63) is 29.3 Å². The van der Waals surface area contributed by atoms with E-state index in [1.165, 1.54) is 0 Å². The number of aryl methyl sites for hydroxylation is 1. The number of rotatable bonds is 1. The Morgan fingerprint density at radius 1 is 1.36 bits per heavy atom. The molecule has 60 valence electrons. The zero-order chi connectivity index (χ0) is 8.43. The molecule has 0 aliphatic carbocycles. The smallest absolute Gasteiger partial charge is 0.124 e. The van der Waals surface area contributed by atoms with E-state index in [2.05, 4.69) is 0 Å². The monoisotopic (exact) mass is 152 g/mol. The van der Waals surface area contributed by atoms with Gasteiger partial charge in [0.05, 0.1) is 6.10 Å². The topological polar surface area (TPSA) is 40.5 Å². The van der Waals surface area contributed by atoms with Gasteiger partial charge in [-0.2, -0.15) is 0 Å². The van der Waals surface area contributed by atoms with Crippen LogP contribution >= 0.6 is 0 Å². The van der Waals surface area contributed by atoms with Gasteiger partial charge in [0.15, 0.2) is 0 Å². The summed E-state index contributed by atoms with van der Waals surface area (Å²) in [5, 5.41) is 18.6. The lowest BCUT2D eigenvalue weighted by atomic mass is 10.1. The maximum atomic E-state index is 9.41. The number of para-hydroxylation sites is 1. The normalized spacial score (nSPS) is 13.0. The molecule has 0 saturated carbocycles. The van der Waals surface area contributed by atoms with Gasteiger partial charge in [0.1, 0.15) is 5.75 Å². The van der Waals surface area contributed by atoms with Crippen molar-refractivity contribution in [2.75, 3.05) is 0 Å². The number of benzene rings is 1. The van der Waals surface area contributed by atoms with Crippen molar-refractivity contribution >= 4 is 0 Å². The number of hydrogen-bond acceptors (Lipinski definition) is 2. The summed E-state index contributed by atoms with van der Waals surface area (Å²) in [6, 6.07) is 5.34. The highest BCUT2D eigenvalue weighted by atomic mass is 16.3. The van der Waals surface area contributed by atoms with E-state index in [-0.39, 0.29) is 5.75 Å². The van der Waals surface area contributed by atoms with Crippen LogP contribution in [0.3, 0.4) is 0 Å². The Morgan fingerprint density at radius 3 is 2.45 bits per heavy atom. The molecule has 2 nitrogen and oxygen atoms in total. The van der Waals surface area contributed by atoms with Crippen LogP contribution in [-0.2, 0) is 0 Å². The maximum Gasteiger partial charge on any atom is 0.124 e. The molecule has 0 bridgehead atoms. The van der Waals surface area contributed by atoms with Gasteiger partial charge in [0.25, 0.3) is 0 Å². The van der Waals surface area contributed by atoms with E-state index in [1.807, 2.05) is 6.07 Å². The fourth-order valence-corrected chi connectivity index (χ4v) is 1.02. The number of aliphatic hydroxyl groups is 1. The van der Waals surface area contributed by atoms with Gasteiger partial charge in [-0.3, -0.25) is 0 Å². The third kappa shape index (κ3) is 1.52. The number of aliphatic hydroxyl groups excluding tert-OH is 1. The van der Waals surface area contributed by atoms with E-state index < -0.39 is 6.10 Å². The zero-order valence-electron chi connectivity index (χ0n) is 6.70. The molecule has 2 heteroatoms. The SMILES string of the molecule is Cc1cccc(C(C)O)c1O. The van der Waals surface area contributed by atoms with Crippen LogP contribution in [0, 0.1) is 6.92 Å². The predicted molar refractivity (Wildman–Crippen MR) is 43.5 cm³/mol. The summed E-state index contributed by atoms with van der Waals surface area (Å²) in [5.74, 6) is 0.197. The van der Waals surface area contributed by atoms with E-state index in [9.17, 15) is 5.11 Å². The molecule has 1 unspecified atom stereocenters. The van der Waals surface area contributed by atoms with Gasteiger partial charge in [-0.05, 0) is 19.4 Å². The van der Waals surface area contributed by atoms with Gasteiger partial charge in [-0.1, -0.05) is 18.2 Å². The molecular weight excluding hydrogens is 140 g/mol. The van der Waals surface area contributed by atoms with Gasteiger partial charge in [0, 0.05) is 5.56 Å². The van der Waals surface area contributed by atoms with Gasteiger partial charge in [-0.25, -0.2) is 0 Å². The lowest BCUT2D eigenvalue weighted by Gasteiger charge is -2.08. The Morgan fingerprint density at radius 2 is 2.00 bits per heavy atom. The van der Waals surface area contributed by atoms with Gasteiger partial charge >= 0.3 is 0 Å². The standard InChI is InChI=1S/C9H12O2/c1-6-4-3-5-8(7(2)10)9(6)11/h3-5,7,10-11H,1-2H3. The third-order valence-corrected chi connectivity index (χ3v) is 1.72. The van der Waals surface area contributed by atoms with Gasteiger partial charge < -0.3 is 10.2 Å². The van der Waals surface area contributed by atoms with Crippen molar-refractivity contribution in [3.63, 3.8) is 0 Å². The molecule has 0 spiro atoms. The van der Waals surface area contributed by atoms with E-state index in [1.54, 1.807) is 26.0 Å². The summed E-state index contributed by atoms with van der Waals surface area (Å²) in [4.78, 5) is 0. The summed E-state index contributed by atoms with van der Waals surface area (Å²) >= 11 is 0. The lowest BCUT2D eigenvalue weighted by molar-refractivity contribution is 0.195. The van der Waals surface area contributed by atoms with Crippen LogP contribution in [0.15, 0.2) is 18.2 Å². The minimum atomic E-state index is -0.602. The second-order valence-corrected chi connectivity index (χ2v) is 2.69. The molecule has 11 heavy (non-hydrogen) atoms. The Labute approximate surface area is 66.1 Å². The third-order valence-electron chi connectivity index (χ3n) is 1.72. The minimum absolute atomic E-state index is 0.197. The second kappa shape index (κ2) is 2.93. The molecule has 2 N–H and O–H groups in total. The first-order valence-corrected chi connectivity index (χ1v) is 3.59. The molecule has 1 rings (SSSR count). The van der Waals surface area contributed by atoms with Crippen LogP contribution in [-0.4, -0.2) is 10.2 Å². The quantitative estimate of drug-likeness (QED) is 0.643. The summed E-state index contributed by atoms with van der Waals surface area (Å²) in [7, 11) is 0. The molecule has 0 radical (unpaired) electrons. The van der Waals surface area contributed by atoms with Crippen molar-refractivity contribution in [3.8, 4) is 5.75 Å². The zero-order valence-corrected chi connectivity index (χ0v) is 6.70. The van der Waals surface area contributed by atoms with Gasteiger partial charge in [0.2, 0.25) is 0 Å². The molecule has 0 amide bonds. The average Bonchev–Trinajstić information content (AvgIpc) is 1.94. The molecule has 0 aliphatic heterocycles. The molecule has 1 aromatic carbocycles. The van der Waals surface area contributed by atoms with Crippen LogP contribution in [0.5, 0.6) is 5.75 Å². The summed E-state index contributed by atoms with van der Waals surface area (Å²) in [5.41, 5.74) is 1.38. The van der Waals surface area contributed by atoms with Crippen LogP contribution in [0.2, 0.25) is 0 Å². The van der Waals surface area contributed by atoms with E-state index in [4.69, 9.17) is 5.11 Å². The van der Waals surface area contributed by atoms with Crippen LogP contribution < -0.4 is 0 Å². The summed E-state index contributed by atoms with van der Waals surface area (Å²) in [6.07, 6.45) is -0.602. The van der Waals surface area contributed by atoms with Crippen molar-refractivity contribution in [2.24, 2.45) is 0 Å². The van der Waals surface area contributed by atoms with E-state index in [0.29, 0.717) is 5.56 Å². The lowest BCUT2D eigenvalue weighted by Crippen LogP contribution is -1.92. The fourth-order valence-electron chi connectivity index (χ4n) is 1.02. The number of phenols is 1. The van der Waals surface area contributed by atoms with Crippen molar-refractivity contribution < 1.29 is 10.2 Å². The average molecular weight is 152 g/mol. The minimum Gasteiger partial charge on any atom is -0.507 e. The Bertz CT molecular complexity index is 254. The highest BCUT2D eigenvalue weighted by Crippen LogP contribution is 2.26. The largest absolute Gasteiger partial charge is 0.507 e. The molecule has 1 atom stereocenters. The number of aromatic hydroxyl groups is 1. The fraction of sp³-hybridized carbons (Fsp3) is 0.333. The first kappa shape index (κ1) is 8.08. The van der Waals surface area contributed by atoms with Crippen molar-refractivity contribution in [1.29, 1.82) is 0 Å². The predicted octanol–water partition coefficient (Wildman–Crippen LogP) is 1.75. The number of hydrogen-bond donors (Lipinski definition) is 2. The highest BCUT2D eigenvalue weighted by molar-refractivity contribution is 5.40. The molecule has 0 aliphatic rings. The molecule has 0 heterocycles. The van der Waals surface area contributed by atoms with Crippen LogP contribution in [0.25, 0.3) is 0 Å². The van der Waals surface area contributed by atoms with E-state index >= 15 is 0 Å². The number of phenolic OH excluding ortho intramolecular Hbond substituents is 1. The Kier molecular flexibility index (Phi) is 2.15. The van der Waals surface area contributed by atoms with E-state index in [0.717, 1.165) is 5.56 Å². The molecule has 1 aromatic rings. The molecular formula is C9H12O2. The molecule has 0 fully saturated rings. The van der Waals surface area contributed by atoms with Crippen molar-refractivity contribution in [1.82, 2.24) is 0 Å². The van der Waals surface area contributed by atoms with Crippen LogP contribution in [0.4, 0.5) is 0 Å². The van der Waals surface area contributed by atoms with Crippen molar-refractivity contribution in [2.45, 2.75) is 20.0 Å². The second-order valence-electron chi connectivity index (χ2n) is 2.69. The molecule has 0 aromatic heterocycles. The Balaban J connectivity index is 3.17. The first-order valence-electron chi connectivity index (χ1n) is 3.59. The maximum absolute atomic E-state index is 9.41. The molecule has 0 saturated heterocycles. The summed E-state index contributed by atoms with van der Waals surface area (Å²) < 4.78 is 0. The first-order chi connectivity index (χ1) is 5.13. The van der Waals surface area contributed by atoms with Crippen LogP contribution in [0.1, 0.15) is 24.2 Å². The van der Waals surface area contributed by atoms with Gasteiger partial charge in [-0.15, -0.1) is 0 Å². The Hall–Kier alpha value is -1.02. The highest BCUT2D eigenvalue weighted by Gasteiger charge is 2.07. The summed E-state index contributed by atoms with van der Waals surface area (Å²) in [6.45, 7) is 3.44.